The van der Waals surface area contributed by atoms with Crippen LogP contribution in [0.1, 0.15) is 12.5 Å². The smallest absolute Gasteiger partial charge is 0.325 e. The van der Waals surface area contributed by atoms with Gasteiger partial charge in [-0.1, -0.05) is 6.07 Å². The van der Waals surface area contributed by atoms with E-state index in [2.05, 4.69) is 10.6 Å². The van der Waals surface area contributed by atoms with Crippen LogP contribution in [0.2, 0.25) is 0 Å². The quantitative estimate of drug-likeness (QED) is 0.506. The number of rotatable bonds is 6. The van der Waals surface area contributed by atoms with Crippen molar-refractivity contribution in [3.63, 3.8) is 0 Å². The first-order chi connectivity index (χ1) is 15.5. The number of urea groups is 1. The van der Waals surface area contributed by atoms with Crippen molar-refractivity contribution in [1.29, 1.82) is 0 Å². The number of imide groups is 1. The molecule has 2 aromatic rings. The van der Waals surface area contributed by atoms with Crippen molar-refractivity contribution in [2.24, 2.45) is 5.14 Å². The van der Waals surface area contributed by atoms with Crippen LogP contribution in [0.4, 0.5) is 10.5 Å². The molecule has 13 heteroatoms. The Morgan fingerprint density at radius 1 is 1.21 bits per heavy atom. The monoisotopic (exact) mass is 476 g/mol. The van der Waals surface area contributed by atoms with E-state index in [1.807, 2.05) is 0 Å². The number of nitrogens with zero attached hydrogens (tertiary/aromatic N) is 1. The highest BCUT2D eigenvalue weighted by atomic mass is 32.2. The lowest BCUT2D eigenvalue weighted by molar-refractivity contribution is -0.133. The molecule has 0 radical (unpaired) electrons. The Morgan fingerprint density at radius 3 is 2.64 bits per heavy atom. The maximum absolute atomic E-state index is 13.1. The number of nitrogens with one attached hydrogen (secondary N) is 2. The number of anilines is 1. The number of benzene rings is 2. The third kappa shape index (κ3) is 4.03. The third-order valence-corrected chi connectivity index (χ3v) is 6.21. The van der Waals surface area contributed by atoms with Crippen LogP contribution in [0.15, 0.2) is 41.3 Å². The molecule has 0 unspecified atom stereocenters. The van der Waals surface area contributed by atoms with Gasteiger partial charge in [-0.25, -0.2) is 18.4 Å². The van der Waals surface area contributed by atoms with Crippen molar-refractivity contribution in [3.8, 4) is 17.2 Å². The van der Waals surface area contributed by atoms with Crippen molar-refractivity contribution in [2.45, 2.75) is 17.4 Å². The standard InChI is InChI=1S/C20H20N4O8S/c1-20(11-3-5-13-15(7-11)32-10-31-13)18(26)24(19(27)23-20)9-17(25)22-12-4-6-14(30-2)16(8-12)33(21,28)29/h3-8H,9-10H2,1-2H3,(H,22,25)(H,23,27)(H2,21,28,29)/t20-/m1/s1. The van der Waals surface area contributed by atoms with E-state index < -0.39 is 40.0 Å². The molecule has 12 nitrogen and oxygen atoms in total. The fourth-order valence-corrected chi connectivity index (χ4v) is 4.29. The number of methoxy groups -OCH3 is 1. The maximum atomic E-state index is 13.1. The number of nitrogens with two attached hydrogens (primary N) is 1. The number of amides is 4. The highest BCUT2D eigenvalue weighted by Crippen LogP contribution is 2.37. The van der Waals surface area contributed by atoms with Gasteiger partial charge in [0.15, 0.2) is 11.5 Å². The number of hydrogen-bond donors (Lipinski definition) is 3. The molecular formula is C20H20N4O8S. The topological polar surface area (TPSA) is 166 Å². The van der Waals surface area contributed by atoms with Gasteiger partial charge >= 0.3 is 6.03 Å². The van der Waals surface area contributed by atoms with Gasteiger partial charge in [-0.2, -0.15) is 0 Å². The first-order valence-corrected chi connectivity index (χ1v) is 11.1. The fraction of sp³-hybridized carbons (Fsp3) is 0.250. The largest absolute Gasteiger partial charge is 0.495 e. The molecule has 4 N–H and O–H groups in total. The number of ether oxygens (including phenoxy) is 3. The van der Waals surface area contributed by atoms with Crippen molar-refractivity contribution in [1.82, 2.24) is 10.2 Å². The minimum atomic E-state index is -4.12. The van der Waals surface area contributed by atoms with E-state index in [0.717, 1.165) is 11.0 Å². The molecule has 33 heavy (non-hydrogen) atoms. The van der Waals surface area contributed by atoms with Crippen LogP contribution in [0.5, 0.6) is 17.2 Å². The molecule has 4 amide bonds. The molecule has 2 aliphatic rings. The van der Waals surface area contributed by atoms with Crippen molar-refractivity contribution >= 4 is 33.6 Å². The van der Waals surface area contributed by atoms with E-state index in [-0.39, 0.29) is 23.1 Å². The Hall–Kier alpha value is -3.84. The van der Waals surface area contributed by atoms with Gasteiger partial charge in [-0.3, -0.25) is 14.5 Å². The van der Waals surface area contributed by atoms with Crippen LogP contribution in [-0.2, 0) is 25.2 Å². The zero-order valence-corrected chi connectivity index (χ0v) is 18.4. The molecule has 2 aromatic carbocycles. The van der Waals surface area contributed by atoms with Gasteiger partial charge in [0.1, 0.15) is 22.7 Å². The van der Waals surface area contributed by atoms with E-state index in [0.29, 0.717) is 17.1 Å². The average Bonchev–Trinajstić information content (AvgIpc) is 3.31. The number of fused-ring (bicyclic) bond motifs is 1. The normalized spacial score (nSPS) is 19.4. The third-order valence-electron chi connectivity index (χ3n) is 5.28. The van der Waals surface area contributed by atoms with Crippen molar-refractivity contribution < 1.29 is 37.0 Å². The average molecular weight is 476 g/mol. The second-order valence-electron chi connectivity index (χ2n) is 7.47. The van der Waals surface area contributed by atoms with Crippen LogP contribution >= 0.6 is 0 Å². The summed E-state index contributed by atoms with van der Waals surface area (Å²) in [5.41, 5.74) is -0.865. The van der Waals surface area contributed by atoms with E-state index in [1.165, 1.54) is 26.2 Å². The van der Waals surface area contributed by atoms with Gasteiger partial charge in [-0.15, -0.1) is 0 Å². The molecule has 1 fully saturated rings. The van der Waals surface area contributed by atoms with Gasteiger partial charge in [-0.05, 0) is 42.8 Å². The summed E-state index contributed by atoms with van der Waals surface area (Å²) in [5, 5.41) is 10.2. The Morgan fingerprint density at radius 2 is 1.94 bits per heavy atom. The summed E-state index contributed by atoms with van der Waals surface area (Å²) in [7, 11) is -2.84. The molecule has 0 saturated carbocycles. The van der Waals surface area contributed by atoms with Crippen molar-refractivity contribution in [3.05, 3.63) is 42.0 Å². The SMILES string of the molecule is COc1ccc(NC(=O)CN2C(=O)N[C@](C)(c3ccc4c(c3)OCO4)C2=O)cc1S(N)(=O)=O. The molecule has 174 valence electrons. The number of carbonyl (C=O) groups excluding carboxylic acids is 3. The van der Waals surface area contributed by atoms with E-state index >= 15 is 0 Å². The second-order valence-corrected chi connectivity index (χ2v) is 9.00. The maximum Gasteiger partial charge on any atom is 0.325 e. The van der Waals surface area contributed by atoms with Gasteiger partial charge in [0.25, 0.3) is 5.91 Å². The first-order valence-electron chi connectivity index (χ1n) is 9.58. The molecule has 0 spiro atoms. The molecule has 0 aromatic heterocycles. The summed E-state index contributed by atoms with van der Waals surface area (Å²) >= 11 is 0. The minimum absolute atomic E-state index is 0.00379. The molecule has 0 aliphatic carbocycles. The Kier molecular flexibility index (Phi) is 5.38. The van der Waals surface area contributed by atoms with Gasteiger partial charge in [0.2, 0.25) is 22.7 Å². The van der Waals surface area contributed by atoms with Crippen LogP contribution in [0.3, 0.4) is 0 Å². The molecule has 2 aliphatic heterocycles. The van der Waals surface area contributed by atoms with Gasteiger partial charge < -0.3 is 24.8 Å². The number of carbonyl (C=O) groups is 3. The lowest BCUT2D eigenvalue weighted by atomic mass is 9.91. The molecule has 2 heterocycles. The molecule has 1 saturated heterocycles. The highest BCUT2D eigenvalue weighted by molar-refractivity contribution is 7.89. The fourth-order valence-electron chi connectivity index (χ4n) is 3.56. The van der Waals surface area contributed by atoms with Crippen LogP contribution in [0.25, 0.3) is 0 Å². The van der Waals surface area contributed by atoms with Crippen molar-refractivity contribution in [2.75, 3.05) is 25.8 Å². The molecule has 4 rings (SSSR count). The Labute approximate surface area is 188 Å². The van der Waals surface area contributed by atoms with Crippen LogP contribution in [-0.4, -0.2) is 51.6 Å². The minimum Gasteiger partial charge on any atom is -0.495 e. The van der Waals surface area contributed by atoms with E-state index in [1.54, 1.807) is 18.2 Å². The summed E-state index contributed by atoms with van der Waals surface area (Å²) in [5.74, 6) is -0.393. The van der Waals surface area contributed by atoms with Gasteiger partial charge in [0.05, 0.1) is 7.11 Å². The summed E-state index contributed by atoms with van der Waals surface area (Å²) < 4.78 is 39.1. The Balaban J connectivity index is 1.51. The molecular weight excluding hydrogens is 456 g/mol. The summed E-state index contributed by atoms with van der Waals surface area (Å²) in [4.78, 5) is 38.6. The van der Waals surface area contributed by atoms with Crippen LogP contribution in [0, 0.1) is 0 Å². The second kappa shape index (κ2) is 7.94. The lowest BCUT2D eigenvalue weighted by Crippen LogP contribution is -2.42. The zero-order chi connectivity index (χ0) is 24.0. The number of sulfonamides is 1. The van der Waals surface area contributed by atoms with E-state index in [9.17, 15) is 22.8 Å². The van der Waals surface area contributed by atoms with E-state index in [4.69, 9.17) is 19.3 Å². The predicted molar refractivity (Wildman–Crippen MR) is 113 cm³/mol. The van der Waals surface area contributed by atoms with Gasteiger partial charge in [0, 0.05) is 5.69 Å². The lowest BCUT2D eigenvalue weighted by Gasteiger charge is -2.22. The summed E-state index contributed by atoms with van der Waals surface area (Å²) in [6.07, 6.45) is 0. The summed E-state index contributed by atoms with van der Waals surface area (Å²) in [6.45, 7) is 0.979. The molecule has 1 atom stereocenters. The Bertz CT molecular complexity index is 1280. The number of hydrogen-bond acceptors (Lipinski definition) is 8. The molecule has 0 bridgehead atoms. The highest BCUT2D eigenvalue weighted by Gasteiger charge is 2.49. The predicted octanol–water partition coefficient (Wildman–Crippen LogP) is 0.477. The zero-order valence-electron chi connectivity index (χ0n) is 17.6. The summed E-state index contributed by atoms with van der Waals surface area (Å²) in [6, 6.07) is 7.93. The first kappa shape index (κ1) is 22.4. The van der Waals surface area contributed by atoms with Crippen LogP contribution < -0.4 is 30.0 Å². The number of primary sulfonamides is 1.